The van der Waals surface area contributed by atoms with Gasteiger partial charge in [0, 0.05) is 23.7 Å². The normalized spacial score (nSPS) is 25.7. The lowest BCUT2D eigenvalue weighted by Gasteiger charge is -2.37. The number of nitrogens with zero attached hydrogens (tertiary/aromatic N) is 2. The van der Waals surface area contributed by atoms with Crippen LogP contribution in [0.2, 0.25) is 0 Å². The zero-order valence-electron chi connectivity index (χ0n) is 14.5. The van der Waals surface area contributed by atoms with Crippen LogP contribution in [0.15, 0.2) is 30.3 Å². The summed E-state index contributed by atoms with van der Waals surface area (Å²) in [6.45, 7) is 6.24. The highest BCUT2D eigenvalue weighted by Crippen LogP contribution is 2.39. The van der Waals surface area contributed by atoms with Gasteiger partial charge in [0.05, 0.1) is 0 Å². The minimum Gasteiger partial charge on any atom is -0.341 e. The van der Waals surface area contributed by atoms with Gasteiger partial charge in [-0.25, -0.2) is 0 Å². The average molecular weight is 333 g/mol. The van der Waals surface area contributed by atoms with E-state index in [1.807, 2.05) is 11.8 Å². The monoisotopic (exact) mass is 332 g/mol. The molecule has 23 heavy (non-hydrogen) atoms. The van der Waals surface area contributed by atoms with Crippen LogP contribution in [0.25, 0.3) is 0 Å². The SMILES string of the molecule is CN1CSC(C)(C)[C@H]1C(=O)N1CCC(Cc2ccccc2)CC1. The number of likely N-dealkylation sites (tertiary alicyclic amines) is 1. The Labute approximate surface area is 144 Å². The molecule has 3 rings (SSSR count). The van der Waals surface area contributed by atoms with Crippen molar-refractivity contribution < 1.29 is 4.79 Å². The van der Waals surface area contributed by atoms with Gasteiger partial charge in [-0.3, -0.25) is 9.69 Å². The number of carbonyl (C=O) groups excluding carboxylic acids is 1. The molecule has 2 fully saturated rings. The Bertz CT molecular complexity index is 538. The van der Waals surface area contributed by atoms with Gasteiger partial charge in [0.15, 0.2) is 0 Å². The Morgan fingerprint density at radius 2 is 1.87 bits per heavy atom. The van der Waals surface area contributed by atoms with E-state index in [-0.39, 0.29) is 10.8 Å². The van der Waals surface area contributed by atoms with Gasteiger partial charge in [0.1, 0.15) is 6.04 Å². The van der Waals surface area contributed by atoms with Crippen LogP contribution in [0.3, 0.4) is 0 Å². The standard InChI is InChI=1S/C19H28N2OS/c1-19(2)17(20(3)14-23-19)18(22)21-11-9-16(10-12-21)13-15-7-5-4-6-8-15/h4-8,16-17H,9-14H2,1-3H3/t17-/m1/s1. The van der Waals surface area contributed by atoms with E-state index in [4.69, 9.17) is 0 Å². The van der Waals surface area contributed by atoms with E-state index in [0.29, 0.717) is 11.8 Å². The van der Waals surface area contributed by atoms with E-state index in [0.717, 1.165) is 38.2 Å². The zero-order valence-corrected chi connectivity index (χ0v) is 15.3. The Balaban J connectivity index is 1.55. The molecule has 0 bridgehead atoms. The molecule has 2 aliphatic heterocycles. The number of benzene rings is 1. The van der Waals surface area contributed by atoms with E-state index in [1.165, 1.54) is 5.56 Å². The molecule has 0 saturated carbocycles. The number of piperidine rings is 1. The lowest BCUT2D eigenvalue weighted by Crippen LogP contribution is -2.53. The van der Waals surface area contributed by atoms with E-state index in [2.05, 4.69) is 61.0 Å². The second-order valence-electron chi connectivity index (χ2n) is 7.49. The maximum Gasteiger partial charge on any atom is 0.241 e. The minimum atomic E-state index is 0.0206. The Morgan fingerprint density at radius 1 is 1.22 bits per heavy atom. The largest absolute Gasteiger partial charge is 0.341 e. The molecule has 1 aromatic rings. The van der Waals surface area contributed by atoms with Gasteiger partial charge in [-0.1, -0.05) is 30.3 Å². The van der Waals surface area contributed by atoms with Crippen LogP contribution in [0.4, 0.5) is 0 Å². The van der Waals surface area contributed by atoms with Gasteiger partial charge >= 0.3 is 0 Å². The maximum atomic E-state index is 13.0. The summed E-state index contributed by atoms with van der Waals surface area (Å²) in [5.74, 6) is 2.00. The third kappa shape index (κ3) is 3.74. The quantitative estimate of drug-likeness (QED) is 0.849. The molecule has 0 radical (unpaired) electrons. The molecule has 1 atom stereocenters. The predicted octanol–water partition coefficient (Wildman–Crippen LogP) is 3.25. The Morgan fingerprint density at radius 3 is 2.43 bits per heavy atom. The van der Waals surface area contributed by atoms with Crippen LogP contribution in [0, 0.1) is 5.92 Å². The summed E-state index contributed by atoms with van der Waals surface area (Å²) < 4.78 is 0.0206. The summed E-state index contributed by atoms with van der Waals surface area (Å²) in [5, 5.41) is 0. The smallest absolute Gasteiger partial charge is 0.241 e. The van der Waals surface area contributed by atoms with Crippen LogP contribution in [0.1, 0.15) is 32.3 Å². The van der Waals surface area contributed by atoms with Crippen LogP contribution in [0.5, 0.6) is 0 Å². The lowest BCUT2D eigenvalue weighted by molar-refractivity contribution is -0.138. The molecule has 0 N–H and O–H groups in total. The highest BCUT2D eigenvalue weighted by atomic mass is 32.2. The fourth-order valence-electron chi connectivity index (χ4n) is 3.92. The van der Waals surface area contributed by atoms with Crippen LogP contribution < -0.4 is 0 Å². The number of carbonyl (C=O) groups is 1. The first-order chi connectivity index (χ1) is 11.0. The molecule has 1 amide bonds. The van der Waals surface area contributed by atoms with Crippen molar-refractivity contribution in [2.75, 3.05) is 26.0 Å². The van der Waals surface area contributed by atoms with Gasteiger partial charge < -0.3 is 4.90 Å². The van der Waals surface area contributed by atoms with Crippen molar-refractivity contribution in [3.63, 3.8) is 0 Å². The highest BCUT2D eigenvalue weighted by molar-refractivity contribution is 8.00. The number of amides is 1. The fraction of sp³-hybridized carbons (Fsp3) is 0.632. The van der Waals surface area contributed by atoms with Crippen molar-refractivity contribution in [2.24, 2.45) is 5.92 Å². The van der Waals surface area contributed by atoms with E-state index in [1.54, 1.807) is 0 Å². The summed E-state index contributed by atoms with van der Waals surface area (Å²) in [7, 11) is 2.08. The number of hydrogen-bond donors (Lipinski definition) is 0. The predicted molar refractivity (Wildman–Crippen MR) is 97.5 cm³/mol. The maximum absolute atomic E-state index is 13.0. The summed E-state index contributed by atoms with van der Waals surface area (Å²) in [5.41, 5.74) is 1.42. The van der Waals surface area contributed by atoms with E-state index in [9.17, 15) is 4.79 Å². The second kappa shape index (κ2) is 6.86. The van der Waals surface area contributed by atoms with Crippen LogP contribution in [-0.4, -0.2) is 52.5 Å². The van der Waals surface area contributed by atoms with Gasteiger partial charge in [0.2, 0.25) is 5.91 Å². The summed E-state index contributed by atoms with van der Waals surface area (Å²) >= 11 is 1.89. The van der Waals surface area contributed by atoms with Crippen molar-refractivity contribution in [1.82, 2.24) is 9.80 Å². The van der Waals surface area contributed by atoms with Crippen molar-refractivity contribution in [3.05, 3.63) is 35.9 Å². The van der Waals surface area contributed by atoms with Crippen molar-refractivity contribution in [3.8, 4) is 0 Å². The van der Waals surface area contributed by atoms with Crippen LogP contribution >= 0.6 is 11.8 Å². The molecule has 126 valence electrons. The third-order valence-electron chi connectivity index (χ3n) is 5.27. The van der Waals surface area contributed by atoms with E-state index >= 15 is 0 Å². The van der Waals surface area contributed by atoms with Gasteiger partial charge in [-0.15, -0.1) is 11.8 Å². The number of rotatable bonds is 3. The highest BCUT2D eigenvalue weighted by Gasteiger charge is 2.45. The molecule has 0 spiro atoms. The molecule has 2 heterocycles. The fourth-order valence-corrected chi connectivity index (χ4v) is 5.04. The van der Waals surface area contributed by atoms with Crippen LogP contribution in [-0.2, 0) is 11.2 Å². The van der Waals surface area contributed by atoms with Crippen molar-refractivity contribution in [1.29, 1.82) is 0 Å². The van der Waals surface area contributed by atoms with Crippen molar-refractivity contribution >= 4 is 17.7 Å². The summed E-state index contributed by atoms with van der Waals surface area (Å²) in [4.78, 5) is 17.3. The first-order valence-electron chi connectivity index (χ1n) is 8.64. The average Bonchev–Trinajstić information content (AvgIpc) is 2.82. The lowest BCUT2D eigenvalue weighted by atomic mass is 9.89. The minimum absolute atomic E-state index is 0.0206. The van der Waals surface area contributed by atoms with Gasteiger partial charge in [0.25, 0.3) is 0 Å². The molecular weight excluding hydrogens is 304 g/mol. The number of likely N-dealkylation sites (N-methyl/N-ethyl adjacent to an activating group) is 1. The van der Waals surface area contributed by atoms with E-state index < -0.39 is 0 Å². The second-order valence-corrected chi connectivity index (χ2v) is 9.09. The molecule has 4 heteroatoms. The molecule has 0 unspecified atom stereocenters. The topological polar surface area (TPSA) is 23.6 Å². The zero-order chi connectivity index (χ0) is 16.4. The number of hydrogen-bond acceptors (Lipinski definition) is 3. The molecule has 2 saturated heterocycles. The van der Waals surface area contributed by atoms with Gasteiger partial charge in [-0.2, -0.15) is 0 Å². The molecule has 1 aromatic carbocycles. The first-order valence-corrected chi connectivity index (χ1v) is 9.63. The van der Waals surface area contributed by atoms with Crippen molar-refractivity contribution in [2.45, 2.75) is 43.9 Å². The number of thioether (sulfide) groups is 1. The Kier molecular flexibility index (Phi) is 5.02. The molecule has 3 nitrogen and oxygen atoms in total. The Hall–Kier alpha value is -1.00. The summed E-state index contributed by atoms with van der Waals surface area (Å²) in [6, 6.07) is 10.8. The van der Waals surface area contributed by atoms with Gasteiger partial charge in [-0.05, 0) is 51.6 Å². The molecule has 2 aliphatic rings. The first kappa shape index (κ1) is 16.8. The summed E-state index contributed by atoms with van der Waals surface area (Å²) in [6.07, 6.45) is 3.41. The molecule has 0 aromatic heterocycles. The third-order valence-corrected chi connectivity index (χ3v) is 6.77. The molecule has 0 aliphatic carbocycles. The molecular formula is C19H28N2OS.